The largest absolute Gasteiger partial charge is 0.444 e. The van der Waals surface area contributed by atoms with E-state index in [1.54, 1.807) is 39.0 Å². The number of likely N-dealkylation sites (tertiary alicyclic amines) is 1. The molecule has 1 atom stereocenters. The van der Waals surface area contributed by atoms with Gasteiger partial charge in [-0.25, -0.2) is 9.78 Å². The maximum atomic E-state index is 13.1. The molecule has 12 nitrogen and oxygen atoms in total. The van der Waals surface area contributed by atoms with E-state index < -0.39 is 26.6 Å². The lowest BCUT2D eigenvalue weighted by atomic mass is 10.2. The second-order valence-corrected chi connectivity index (χ2v) is 10.6. The molecule has 34 heavy (non-hydrogen) atoms. The number of fused-ring (bicyclic) bond motifs is 1. The number of nitrogens with zero attached hydrogens (tertiary/aromatic N) is 5. The summed E-state index contributed by atoms with van der Waals surface area (Å²) in [6.45, 7) is 6.00. The first-order valence-electron chi connectivity index (χ1n) is 10.5. The van der Waals surface area contributed by atoms with Crippen LogP contribution in [-0.4, -0.2) is 63.2 Å². The fourth-order valence-corrected chi connectivity index (χ4v) is 4.92. The van der Waals surface area contributed by atoms with Gasteiger partial charge in [-0.2, -0.15) is 13.5 Å². The summed E-state index contributed by atoms with van der Waals surface area (Å²) in [4.78, 5) is 29.0. The molecule has 2 aromatic heterocycles. The average molecular weight is 489 g/mol. The van der Waals surface area contributed by atoms with E-state index in [1.165, 1.54) is 23.2 Å². The maximum Gasteiger partial charge on any atom is 0.410 e. The summed E-state index contributed by atoms with van der Waals surface area (Å²) < 4.78 is 32.3. The second-order valence-electron chi connectivity index (χ2n) is 8.87. The van der Waals surface area contributed by atoms with Gasteiger partial charge in [0.15, 0.2) is 5.65 Å². The fraction of sp³-hybridized carbons (Fsp3) is 0.381. The normalized spacial score (nSPS) is 16.6. The summed E-state index contributed by atoms with van der Waals surface area (Å²) in [6.07, 6.45) is 2.30. The van der Waals surface area contributed by atoms with Crippen molar-refractivity contribution in [3.8, 4) is 0 Å². The minimum atomic E-state index is -4.06. The Kier molecular flexibility index (Phi) is 5.89. The SMILES string of the molecule is CC(C)(C)OC(=O)N1CC[C@H](Nc2c([N+](=O)[O-])cnc3c2cnn3S(=O)(=O)c2ccccc2)C1. The molecule has 0 saturated carbocycles. The quantitative estimate of drug-likeness (QED) is 0.422. The summed E-state index contributed by atoms with van der Waals surface area (Å²) in [6, 6.07) is 7.40. The van der Waals surface area contributed by atoms with Gasteiger partial charge in [-0.1, -0.05) is 18.2 Å². The van der Waals surface area contributed by atoms with Crippen LogP contribution in [-0.2, 0) is 14.8 Å². The number of benzene rings is 1. The zero-order chi connectivity index (χ0) is 24.7. The molecule has 1 aliphatic rings. The predicted octanol–water partition coefficient (Wildman–Crippen LogP) is 3.00. The number of carbonyl (C=O) groups is 1. The van der Waals surface area contributed by atoms with E-state index >= 15 is 0 Å². The molecule has 4 rings (SSSR count). The van der Waals surface area contributed by atoms with Gasteiger partial charge in [0.05, 0.1) is 21.4 Å². The van der Waals surface area contributed by atoms with E-state index in [1.807, 2.05) is 0 Å². The molecule has 1 saturated heterocycles. The van der Waals surface area contributed by atoms with Crippen molar-refractivity contribution in [3.63, 3.8) is 0 Å². The van der Waals surface area contributed by atoms with Crippen LogP contribution in [0.25, 0.3) is 11.0 Å². The monoisotopic (exact) mass is 488 g/mol. The molecular weight excluding hydrogens is 464 g/mol. The smallest absolute Gasteiger partial charge is 0.410 e. The van der Waals surface area contributed by atoms with Gasteiger partial charge in [0.25, 0.3) is 10.0 Å². The number of hydrogen-bond donors (Lipinski definition) is 1. The number of anilines is 1. The number of rotatable bonds is 5. The Bertz CT molecular complexity index is 1350. The third-order valence-corrected chi connectivity index (χ3v) is 6.79. The van der Waals surface area contributed by atoms with Crippen LogP contribution in [0.5, 0.6) is 0 Å². The van der Waals surface area contributed by atoms with Crippen LogP contribution < -0.4 is 5.32 Å². The number of aromatic nitrogens is 3. The standard InChI is InChI=1S/C21H24N6O6S/c1-21(2,3)33-20(28)25-10-9-14(13-25)24-18-16-11-23-26(19(16)22-12-17(18)27(29)30)34(31,32)15-7-5-4-6-8-15/h4-8,11-12,14H,9-10,13H2,1-3H3,(H,22,24)/t14-/m0/s1. The van der Waals surface area contributed by atoms with E-state index in [9.17, 15) is 23.3 Å². The Morgan fingerprint density at radius 3 is 2.59 bits per heavy atom. The highest BCUT2D eigenvalue weighted by Crippen LogP contribution is 2.34. The molecule has 0 spiro atoms. The zero-order valence-corrected chi connectivity index (χ0v) is 19.7. The molecule has 1 aliphatic heterocycles. The van der Waals surface area contributed by atoms with Gasteiger partial charge in [0.2, 0.25) is 0 Å². The van der Waals surface area contributed by atoms with Crippen LogP contribution in [0.4, 0.5) is 16.2 Å². The summed E-state index contributed by atoms with van der Waals surface area (Å²) in [7, 11) is -4.06. The van der Waals surface area contributed by atoms with Crippen LogP contribution in [0.2, 0.25) is 0 Å². The predicted molar refractivity (Wildman–Crippen MR) is 123 cm³/mol. The third kappa shape index (κ3) is 4.51. The van der Waals surface area contributed by atoms with Gasteiger partial charge >= 0.3 is 11.8 Å². The van der Waals surface area contributed by atoms with Crippen molar-refractivity contribution >= 4 is 38.5 Å². The molecule has 1 N–H and O–H groups in total. The molecule has 1 fully saturated rings. The molecule has 1 amide bonds. The molecule has 1 aromatic carbocycles. The van der Waals surface area contributed by atoms with Crippen LogP contribution in [0.3, 0.4) is 0 Å². The van der Waals surface area contributed by atoms with E-state index in [4.69, 9.17) is 4.74 Å². The van der Waals surface area contributed by atoms with Gasteiger partial charge in [-0.05, 0) is 39.3 Å². The molecule has 0 radical (unpaired) electrons. The average Bonchev–Trinajstić information content (AvgIpc) is 3.41. The van der Waals surface area contributed by atoms with Crippen molar-refractivity contribution in [1.29, 1.82) is 0 Å². The minimum Gasteiger partial charge on any atom is -0.444 e. The highest BCUT2D eigenvalue weighted by molar-refractivity contribution is 7.90. The molecule has 0 unspecified atom stereocenters. The molecule has 0 aliphatic carbocycles. The molecule has 0 bridgehead atoms. The van der Waals surface area contributed by atoms with Crippen LogP contribution in [0, 0.1) is 10.1 Å². The first-order valence-corrected chi connectivity index (χ1v) is 12.0. The summed E-state index contributed by atoms with van der Waals surface area (Å²) in [5, 5.41) is 19.0. The Hall–Kier alpha value is -3.74. The number of carbonyl (C=O) groups excluding carboxylic acids is 1. The van der Waals surface area contributed by atoms with Gasteiger partial charge in [0, 0.05) is 19.1 Å². The van der Waals surface area contributed by atoms with Crippen molar-refractivity contribution in [2.24, 2.45) is 0 Å². The van der Waals surface area contributed by atoms with Gasteiger partial charge < -0.3 is 15.0 Å². The molecule has 3 heterocycles. The number of nitrogens with one attached hydrogen (secondary N) is 1. The van der Waals surface area contributed by atoms with E-state index in [0.29, 0.717) is 13.0 Å². The Balaban J connectivity index is 1.67. The number of pyridine rings is 1. The first kappa shape index (κ1) is 23.4. The molecule has 3 aromatic rings. The number of nitro groups is 1. The van der Waals surface area contributed by atoms with Crippen molar-refractivity contribution < 1.29 is 22.9 Å². The third-order valence-electron chi connectivity index (χ3n) is 5.20. The Morgan fingerprint density at radius 1 is 1.24 bits per heavy atom. The summed E-state index contributed by atoms with van der Waals surface area (Å²) in [5.74, 6) is 0. The van der Waals surface area contributed by atoms with E-state index in [0.717, 1.165) is 10.3 Å². The molecule has 13 heteroatoms. The van der Waals surface area contributed by atoms with Gasteiger partial charge in [-0.3, -0.25) is 10.1 Å². The van der Waals surface area contributed by atoms with Crippen LogP contribution in [0.15, 0.2) is 47.6 Å². The van der Waals surface area contributed by atoms with Crippen LogP contribution >= 0.6 is 0 Å². The van der Waals surface area contributed by atoms with Crippen molar-refractivity contribution in [2.45, 2.75) is 43.7 Å². The minimum absolute atomic E-state index is 0.0125. The topological polar surface area (TPSA) is 150 Å². The fourth-order valence-electron chi connectivity index (χ4n) is 3.68. The highest BCUT2D eigenvalue weighted by atomic mass is 32.2. The van der Waals surface area contributed by atoms with E-state index in [-0.39, 0.29) is 39.9 Å². The number of amides is 1. The lowest BCUT2D eigenvalue weighted by Crippen LogP contribution is -2.36. The lowest BCUT2D eigenvalue weighted by molar-refractivity contribution is -0.384. The summed E-state index contributed by atoms with van der Waals surface area (Å²) in [5.41, 5.74) is -0.906. The van der Waals surface area contributed by atoms with E-state index in [2.05, 4.69) is 15.4 Å². The van der Waals surface area contributed by atoms with Gasteiger partial charge in [0.1, 0.15) is 17.5 Å². The lowest BCUT2D eigenvalue weighted by Gasteiger charge is -2.24. The Labute approximate surface area is 195 Å². The molecular formula is C21H24N6O6S. The molecule has 180 valence electrons. The first-order chi connectivity index (χ1) is 16.0. The highest BCUT2D eigenvalue weighted by Gasteiger charge is 2.32. The van der Waals surface area contributed by atoms with Crippen molar-refractivity contribution in [2.75, 3.05) is 18.4 Å². The van der Waals surface area contributed by atoms with Gasteiger partial charge in [-0.15, -0.1) is 4.09 Å². The number of hydrogen-bond acceptors (Lipinski definition) is 9. The number of ether oxygens (including phenoxy) is 1. The van der Waals surface area contributed by atoms with Crippen molar-refractivity contribution in [3.05, 3.63) is 52.8 Å². The second kappa shape index (κ2) is 8.56. The Morgan fingerprint density at radius 2 is 1.94 bits per heavy atom. The summed E-state index contributed by atoms with van der Waals surface area (Å²) >= 11 is 0. The van der Waals surface area contributed by atoms with Crippen molar-refractivity contribution in [1.82, 2.24) is 19.1 Å². The van der Waals surface area contributed by atoms with Crippen LogP contribution in [0.1, 0.15) is 27.2 Å². The maximum absolute atomic E-state index is 13.1. The zero-order valence-electron chi connectivity index (χ0n) is 18.8.